The first-order valence-corrected chi connectivity index (χ1v) is 10.5. The first kappa shape index (κ1) is 19.4. The molecule has 0 aliphatic carbocycles. The van der Waals surface area contributed by atoms with Crippen molar-refractivity contribution in [2.24, 2.45) is 12.0 Å². The lowest BCUT2D eigenvalue weighted by molar-refractivity contribution is -0.115. The molecule has 0 saturated heterocycles. The van der Waals surface area contributed by atoms with Gasteiger partial charge in [-0.05, 0) is 30.7 Å². The number of thioether (sulfide) groups is 1. The molecule has 0 bridgehead atoms. The summed E-state index contributed by atoms with van der Waals surface area (Å²) in [5.74, 6) is 0.604. The van der Waals surface area contributed by atoms with Crippen molar-refractivity contribution in [2.45, 2.75) is 12.7 Å². The van der Waals surface area contributed by atoms with E-state index >= 15 is 0 Å². The zero-order valence-corrected chi connectivity index (χ0v) is 16.8. The number of ether oxygens (including phenoxy) is 1. The van der Waals surface area contributed by atoms with Crippen LogP contribution in [0.2, 0.25) is 0 Å². The summed E-state index contributed by atoms with van der Waals surface area (Å²) in [5.41, 5.74) is 2.62. The van der Waals surface area contributed by atoms with Gasteiger partial charge in [0.1, 0.15) is 0 Å². The molecule has 1 heterocycles. The number of amides is 1. The highest BCUT2D eigenvalue weighted by molar-refractivity contribution is 7.99. The van der Waals surface area contributed by atoms with Crippen molar-refractivity contribution < 1.29 is 14.3 Å². The number of thiazole rings is 1. The number of rotatable bonds is 6. The molecule has 5 nitrogen and oxygen atoms in total. The lowest BCUT2D eigenvalue weighted by atomic mass is 10.2. The van der Waals surface area contributed by atoms with Gasteiger partial charge in [0.2, 0.25) is 0 Å². The van der Waals surface area contributed by atoms with Crippen LogP contribution in [0.15, 0.2) is 53.5 Å². The fraction of sp³-hybridized carbons (Fsp3) is 0.250. The number of hydrogen-bond donors (Lipinski definition) is 0. The van der Waals surface area contributed by atoms with Gasteiger partial charge in [0.15, 0.2) is 4.80 Å². The molecule has 2 aromatic carbocycles. The van der Waals surface area contributed by atoms with Crippen molar-refractivity contribution >= 4 is 45.2 Å². The van der Waals surface area contributed by atoms with Gasteiger partial charge in [-0.25, -0.2) is 4.79 Å². The molecule has 0 radical (unpaired) electrons. The van der Waals surface area contributed by atoms with Crippen molar-refractivity contribution in [2.75, 3.05) is 12.4 Å². The van der Waals surface area contributed by atoms with E-state index in [1.807, 2.05) is 48.0 Å². The van der Waals surface area contributed by atoms with Crippen LogP contribution >= 0.6 is 23.1 Å². The molecule has 0 saturated carbocycles. The number of hydrogen-bond acceptors (Lipinski definition) is 5. The molecule has 0 N–H and O–H groups in total. The van der Waals surface area contributed by atoms with Crippen molar-refractivity contribution in [1.29, 1.82) is 0 Å². The summed E-state index contributed by atoms with van der Waals surface area (Å²) >= 11 is 2.94. The molecule has 27 heavy (non-hydrogen) atoms. The summed E-state index contributed by atoms with van der Waals surface area (Å²) in [7, 11) is 1.87. The molecule has 3 aromatic rings. The maximum Gasteiger partial charge on any atom is 0.338 e. The zero-order chi connectivity index (χ0) is 19.2. The molecule has 140 valence electrons. The number of carbonyl (C=O) groups excluding carboxylic acids is 2. The third kappa shape index (κ3) is 4.87. The Morgan fingerprint density at radius 3 is 2.70 bits per heavy atom. The van der Waals surface area contributed by atoms with Crippen LogP contribution in [0.25, 0.3) is 10.2 Å². The predicted octanol–water partition coefficient (Wildman–Crippen LogP) is 3.78. The van der Waals surface area contributed by atoms with Crippen LogP contribution in [0.4, 0.5) is 0 Å². The van der Waals surface area contributed by atoms with Gasteiger partial charge in [0, 0.05) is 12.8 Å². The van der Waals surface area contributed by atoms with Crippen LogP contribution in [0.5, 0.6) is 0 Å². The molecule has 1 amide bonds. The lowest BCUT2D eigenvalue weighted by Crippen LogP contribution is -2.14. The number of fused-ring (bicyclic) bond motifs is 1. The van der Waals surface area contributed by atoms with Crippen LogP contribution < -0.4 is 4.80 Å². The fourth-order valence-electron chi connectivity index (χ4n) is 2.55. The summed E-state index contributed by atoms with van der Waals surface area (Å²) in [6, 6.07) is 15.4. The molecule has 0 aliphatic rings. The monoisotopic (exact) mass is 400 g/mol. The van der Waals surface area contributed by atoms with E-state index in [9.17, 15) is 9.59 Å². The van der Waals surface area contributed by atoms with E-state index in [4.69, 9.17) is 4.74 Å². The number of aromatic nitrogens is 1. The quantitative estimate of drug-likeness (QED) is 0.591. The maximum absolute atomic E-state index is 12.2. The highest BCUT2D eigenvalue weighted by Gasteiger charge is 2.11. The predicted molar refractivity (Wildman–Crippen MR) is 110 cm³/mol. The average molecular weight is 401 g/mol. The molecule has 1 aromatic heterocycles. The van der Waals surface area contributed by atoms with Gasteiger partial charge in [-0.1, -0.05) is 41.7 Å². The number of aryl methyl sites for hydroxylation is 1. The molecule has 0 aliphatic heterocycles. The maximum atomic E-state index is 12.2. The zero-order valence-electron chi connectivity index (χ0n) is 15.2. The van der Waals surface area contributed by atoms with Crippen molar-refractivity contribution in [3.05, 3.63) is 64.5 Å². The van der Waals surface area contributed by atoms with Crippen LogP contribution in [-0.2, 0) is 22.3 Å². The van der Waals surface area contributed by atoms with Gasteiger partial charge in [-0.3, -0.25) is 4.79 Å². The first-order chi connectivity index (χ1) is 13.1. The minimum absolute atomic E-state index is 0.163. The largest absolute Gasteiger partial charge is 0.462 e. The fourth-order valence-corrected chi connectivity index (χ4v) is 4.40. The molecule has 3 rings (SSSR count). The van der Waals surface area contributed by atoms with E-state index in [1.165, 1.54) is 16.9 Å². The van der Waals surface area contributed by atoms with E-state index in [0.717, 1.165) is 16.0 Å². The molecule has 0 unspecified atom stereocenters. The van der Waals surface area contributed by atoms with E-state index in [1.54, 1.807) is 30.8 Å². The standard InChI is InChI=1S/C20H20N2O3S2/c1-3-25-19(24)15-9-10-16-17(11-15)27-20(22(16)2)21-18(23)13-26-12-14-7-5-4-6-8-14/h4-11H,3,12-13H2,1-2H3. The number of esters is 1. The minimum atomic E-state index is -0.345. The Morgan fingerprint density at radius 2 is 1.96 bits per heavy atom. The summed E-state index contributed by atoms with van der Waals surface area (Å²) in [6.07, 6.45) is 0. The van der Waals surface area contributed by atoms with Crippen molar-refractivity contribution in [3.63, 3.8) is 0 Å². The van der Waals surface area contributed by atoms with Gasteiger partial charge in [0.05, 0.1) is 28.1 Å². The third-order valence-corrected chi connectivity index (χ3v) is 5.96. The third-order valence-electron chi connectivity index (χ3n) is 3.88. The summed E-state index contributed by atoms with van der Waals surface area (Å²) in [6.45, 7) is 2.12. The Morgan fingerprint density at radius 1 is 1.19 bits per heavy atom. The molecule has 0 spiro atoms. The van der Waals surface area contributed by atoms with Gasteiger partial charge in [-0.15, -0.1) is 11.8 Å². The second-order valence-corrected chi connectivity index (χ2v) is 7.83. The van der Waals surface area contributed by atoms with Crippen molar-refractivity contribution in [3.8, 4) is 0 Å². The number of nitrogens with zero attached hydrogens (tertiary/aromatic N) is 2. The van der Waals surface area contributed by atoms with E-state index < -0.39 is 0 Å². The van der Waals surface area contributed by atoms with E-state index in [2.05, 4.69) is 4.99 Å². The topological polar surface area (TPSA) is 60.7 Å². The van der Waals surface area contributed by atoms with Gasteiger partial charge >= 0.3 is 5.97 Å². The molecule has 7 heteroatoms. The number of carbonyl (C=O) groups is 2. The lowest BCUT2D eigenvalue weighted by Gasteiger charge is -2.01. The van der Waals surface area contributed by atoms with Crippen molar-refractivity contribution in [1.82, 2.24) is 4.57 Å². The normalized spacial score (nSPS) is 11.7. The summed E-state index contributed by atoms with van der Waals surface area (Å²) < 4.78 is 7.80. The SMILES string of the molecule is CCOC(=O)c1ccc2c(c1)sc(=NC(=O)CSCc1ccccc1)n2C. The Bertz CT molecular complexity index is 1020. The first-order valence-electron chi connectivity index (χ1n) is 8.54. The smallest absolute Gasteiger partial charge is 0.338 e. The summed E-state index contributed by atoms with van der Waals surface area (Å²) in [5, 5.41) is 0. The molecular weight excluding hydrogens is 380 g/mol. The van der Waals surface area contributed by atoms with Gasteiger partial charge in [0.25, 0.3) is 5.91 Å². The Kier molecular flexibility index (Phi) is 6.47. The highest BCUT2D eigenvalue weighted by atomic mass is 32.2. The van der Waals surface area contributed by atoms with Crippen LogP contribution in [-0.4, -0.2) is 28.8 Å². The van der Waals surface area contributed by atoms with E-state index in [-0.39, 0.29) is 11.9 Å². The van der Waals surface area contributed by atoms with Crippen LogP contribution in [0.3, 0.4) is 0 Å². The molecule has 0 atom stereocenters. The minimum Gasteiger partial charge on any atom is -0.462 e. The van der Waals surface area contributed by atoms with Crippen LogP contribution in [0, 0.1) is 0 Å². The van der Waals surface area contributed by atoms with Crippen LogP contribution in [0.1, 0.15) is 22.8 Å². The van der Waals surface area contributed by atoms with Gasteiger partial charge in [-0.2, -0.15) is 4.99 Å². The van der Waals surface area contributed by atoms with E-state index in [0.29, 0.717) is 22.7 Å². The Balaban J connectivity index is 1.73. The summed E-state index contributed by atoms with van der Waals surface area (Å²) in [4.78, 5) is 29.0. The Hall–Kier alpha value is -2.38. The number of benzene rings is 2. The van der Waals surface area contributed by atoms with Gasteiger partial charge < -0.3 is 9.30 Å². The average Bonchev–Trinajstić information content (AvgIpc) is 2.98. The Labute approximate surface area is 165 Å². The molecule has 0 fully saturated rings. The second-order valence-electron chi connectivity index (χ2n) is 5.83. The second kappa shape index (κ2) is 9.01. The highest BCUT2D eigenvalue weighted by Crippen LogP contribution is 2.19. The molecular formula is C20H20N2O3S2.